The van der Waals surface area contributed by atoms with Gasteiger partial charge < -0.3 is 18.5 Å². The largest absolute Gasteiger partial charge is 0.459 e. The molecule has 0 bridgehead atoms. The Kier molecular flexibility index (Phi) is 21.8. The maximum atomic E-state index is 11.8. The Morgan fingerprint density at radius 1 is 0.784 bits per heavy atom. The van der Waals surface area contributed by atoms with Gasteiger partial charge in [0.05, 0.1) is 38.9 Å². The molecule has 11 heteroatoms. The molecule has 0 spiro atoms. The number of nitrogens with zero attached hydrogens (tertiary/aromatic N) is 2. The van der Waals surface area contributed by atoms with Crippen molar-refractivity contribution in [2.75, 3.05) is 26.4 Å². The fourth-order valence-corrected chi connectivity index (χ4v) is 5.32. The maximum absolute atomic E-state index is 11.8. The second-order valence-corrected chi connectivity index (χ2v) is 10.8. The van der Waals surface area contributed by atoms with Gasteiger partial charge in [-0.1, -0.05) is 13.3 Å². The van der Waals surface area contributed by atoms with E-state index >= 15 is 0 Å². The zero-order valence-corrected chi connectivity index (χ0v) is 24.8. The van der Waals surface area contributed by atoms with Gasteiger partial charge in [0.15, 0.2) is 0 Å². The van der Waals surface area contributed by atoms with Gasteiger partial charge in [-0.3, -0.25) is 9.59 Å². The van der Waals surface area contributed by atoms with Gasteiger partial charge in [0.1, 0.15) is 12.2 Å². The Morgan fingerprint density at radius 2 is 1.32 bits per heavy atom. The summed E-state index contributed by atoms with van der Waals surface area (Å²) in [7, 11) is -1.34. The molecule has 0 aromatic rings. The first-order chi connectivity index (χ1) is 17.6. The number of nitriles is 1. The van der Waals surface area contributed by atoms with Crippen LogP contribution in [-0.2, 0) is 37.9 Å². The Labute approximate surface area is 225 Å². The number of unbranched alkanes of at least 4 members (excludes halogenated alkanes) is 2. The molecule has 0 rings (SSSR count). The topological polar surface area (TPSA) is 117 Å². The summed E-state index contributed by atoms with van der Waals surface area (Å²) in [5, 5.41) is 8.87. The van der Waals surface area contributed by atoms with Gasteiger partial charge >= 0.3 is 11.9 Å². The van der Waals surface area contributed by atoms with Crippen LogP contribution in [0.2, 0.25) is 0 Å². The minimum Gasteiger partial charge on any atom is -0.459 e. The first kappa shape index (κ1) is 35.7. The molecule has 0 radical (unpaired) electrons. The molecule has 0 aliphatic rings. The highest BCUT2D eigenvalue weighted by Gasteiger charge is 2.29. The molecular weight excluding hydrogens is 499 g/mol. The molecule has 10 nitrogen and oxygen atoms in total. The summed E-state index contributed by atoms with van der Waals surface area (Å²) in [5.41, 5.74) is 0. The van der Waals surface area contributed by atoms with Crippen LogP contribution in [0, 0.1) is 11.3 Å². The highest BCUT2D eigenvalue weighted by molar-refractivity contribution is 7.44. The molecule has 0 heterocycles. The zero-order valence-electron chi connectivity index (χ0n) is 23.9. The van der Waals surface area contributed by atoms with Crippen molar-refractivity contribution < 1.29 is 37.9 Å². The molecule has 216 valence electrons. The SMILES string of the molecule is CCCOOCCCCCC(OC(C)=O)C(CCCOP(OCCC#N)N(C(C)C)C(C)C)OC(C)=O. The van der Waals surface area contributed by atoms with Crippen molar-refractivity contribution in [1.29, 1.82) is 5.26 Å². The van der Waals surface area contributed by atoms with Crippen molar-refractivity contribution in [2.45, 2.75) is 124 Å². The average Bonchev–Trinajstić information content (AvgIpc) is 2.80. The molecule has 0 aromatic carbocycles. The van der Waals surface area contributed by atoms with Crippen LogP contribution in [0.1, 0.15) is 99.8 Å². The predicted octanol–water partition coefficient (Wildman–Crippen LogP) is 5.84. The summed E-state index contributed by atoms with van der Waals surface area (Å²) in [6.45, 7) is 14.8. The van der Waals surface area contributed by atoms with Crippen LogP contribution >= 0.6 is 8.53 Å². The summed E-state index contributed by atoms with van der Waals surface area (Å²) in [6.07, 6.45) is 4.22. The third-order valence-corrected chi connectivity index (χ3v) is 7.24. The third-order valence-electron chi connectivity index (χ3n) is 5.13. The fraction of sp³-hybridized carbons (Fsp3) is 0.885. The monoisotopic (exact) mass is 548 g/mol. The van der Waals surface area contributed by atoms with Crippen LogP contribution in [0.25, 0.3) is 0 Å². The Morgan fingerprint density at radius 3 is 1.84 bits per heavy atom. The molecule has 0 fully saturated rings. The highest BCUT2D eigenvalue weighted by Crippen LogP contribution is 2.46. The van der Waals surface area contributed by atoms with Crippen molar-refractivity contribution in [1.82, 2.24) is 4.67 Å². The van der Waals surface area contributed by atoms with Gasteiger partial charge in [0, 0.05) is 25.9 Å². The molecule has 0 amide bonds. The standard InChI is InChI=1S/C26H49N2O8P/c1-8-17-31-32-18-11-9-10-14-25(35-23(6)29)26(36-24(7)30)15-12-19-33-37(34-20-13-16-27)28(21(2)3)22(4)5/h21-22,25-26H,8-15,17-20H2,1-7H3. The van der Waals surface area contributed by atoms with Gasteiger partial charge in [-0.05, 0) is 66.2 Å². The molecular formula is C26H49N2O8P. The van der Waals surface area contributed by atoms with Crippen LogP contribution in [-0.4, -0.2) is 67.3 Å². The van der Waals surface area contributed by atoms with Crippen LogP contribution in [0.15, 0.2) is 0 Å². The average molecular weight is 549 g/mol. The lowest BCUT2D eigenvalue weighted by Gasteiger charge is -2.35. The molecule has 0 aliphatic carbocycles. The van der Waals surface area contributed by atoms with E-state index in [0.717, 1.165) is 25.7 Å². The van der Waals surface area contributed by atoms with Crippen molar-refractivity contribution in [2.24, 2.45) is 0 Å². The maximum Gasteiger partial charge on any atom is 0.303 e. The first-order valence-corrected chi connectivity index (χ1v) is 14.6. The molecule has 0 N–H and O–H groups in total. The van der Waals surface area contributed by atoms with E-state index in [0.29, 0.717) is 52.1 Å². The molecule has 3 atom stereocenters. The predicted molar refractivity (Wildman–Crippen MR) is 142 cm³/mol. The molecule has 0 aromatic heterocycles. The summed E-state index contributed by atoms with van der Waals surface area (Å²) < 4.78 is 25.3. The van der Waals surface area contributed by atoms with E-state index in [1.165, 1.54) is 13.8 Å². The van der Waals surface area contributed by atoms with Crippen LogP contribution in [0.4, 0.5) is 0 Å². The van der Waals surface area contributed by atoms with Crippen LogP contribution < -0.4 is 0 Å². The fourth-order valence-electron chi connectivity index (χ4n) is 3.69. The number of carbonyl (C=O) groups excluding carboxylic acids is 2. The Bertz CT molecular complexity index is 637. The Hall–Kier alpha value is -1.34. The highest BCUT2D eigenvalue weighted by atomic mass is 31.2. The minimum atomic E-state index is -1.34. The normalized spacial score (nSPS) is 14.0. The second kappa shape index (κ2) is 22.6. The minimum absolute atomic E-state index is 0.207. The van der Waals surface area contributed by atoms with Gasteiger partial charge in [-0.2, -0.15) is 5.26 Å². The van der Waals surface area contributed by atoms with Gasteiger partial charge in [0.25, 0.3) is 8.53 Å². The first-order valence-electron chi connectivity index (χ1n) is 13.4. The molecule has 0 saturated carbocycles. The van der Waals surface area contributed by atoms with Crippen LogP contribution in [0.3, 0.4) is 0 Å². The molecule has 0 aliphatic heterocycles. The van der Waals surface area contributed by atoms with E-state index < -0.39 is 32.7 Å². The molecule has 37 heavy (non-hydrogen) atoms. The molecule has 0 saturated heterocycles. The third kappa shape index (κ3) is 18.5. The second-order valence-electron chi connectivity index (χ2n) is 9.31. The summed E-state index contributed by atoms with van der Waals surface area (Å²) in [4.78, 5) is 33.7. The van der Waals surface area contributed by atoms with Gasteiger partial charge in [0.2, 0.25) is 0 Å². The smallest absolute Gasteiger partial charge is 0.303 e. The number of hydrogen-bond acceptors (Lipinski definition) is 10. The van der Waals surface area contributed by atoms with E-state index in [2.05, 4.69) is 38.4 Å². The quantitative estimate of drug-likeness (QED) is 0.0507. The van der Waals surface area contributed by atoms with Crippen molar-refractivity contribution in [3.63, 3.8) is 0 Å². The lowest BCUT2D eigenvalue weighted by molar-refractivity contribution is -0.294. The van der Waals surface area contributed by atoms with E-state index in [9.17, 15) is 9.59 Å². The lowest BCUT2D eigenvalue weighted by Crippen LogP contribution is -2.35. The summed E-state index contributed by atoms with van der Waals surface area (Å²) in [6, 6.07) is 2.51. The lowest BCUT2D eigenvalue weighted by atomic mass is 10.0. The number of hydrogen-bond donors (Lipinski definition) is 0. The number of esters is 2. The van der Waals surface area contributed by atoms with Gasteiger partial charge in [-0.25, -0.2) is 14.4 Å². The van der Waals surface area contributed by atoms with Crippen molar-refractivity contribution in [3.8, 4) is 6.07 Å². The number of carbonyl (C=O) groups is 2. The van der Waals surface area contributed by atoms with Gasteiger partial charge in [-0.15, -0.1) is 0 Å². The summed E-state index contributed by atoms with van der Waals surface area (Å²) in [5.74, 6) is -0.828. The zero-order chi connectivity index (χ0) is 28.1. The molecule has 3 unspecified atom stereocenters. The van der Waals surface area contributed by atoms with E-state index in [-0.39, 0.29) is 12.1 Å². The van der Waals surface area contributed by atoms with Crippen molar-refractivity contribution in [3.05, 3.63) is 0 Å². The van der Waals surface area contributed by atoms with Crippen molar-refractivity contribution >= 4 is 20.5 Å². The van der Waals surface area contributed by atoms with E-state index in [1.807, 2.05) is 6.92 Å². The van der Waals surface area contributed by atoms with Crippen LogP contribution in [0.5, 0.6) is 0 Å². The van der Waals surface area contributed by atoms with E-state index in [1.54, 1.807) is 0 Å². The summed E-state index contributed by atoms with van der Waals surface area (Å²) >= 11 is 0. The Balaban J connectivity index is 4.96. The number of ether oxygens (including phenoxy) is 2. The number of rotatable bonds is 23. The van der Waals surface area contributed by atoms with E-state index in [4.69, 9.17) is 33.6 Å².